The molecular formula is C12H9ClNO2. The lowest BCUT2D eigenvalue weighted by atomic mass is 10.2. The molecule has 1 aromatic heterocycles. The molecule has 16 heavy (non-hydrogen) atoms. The van der Waals surface area contributed by atoms with Crippen LogP contribution in [-0.2, 0) is 6.54 Å². The average Bonchev–Trinajstić information content (AvgIpc) is 2.25. The van der Waals surface area contributed by atoms with Gasteiger partial charge in [0.2, 0.25) is 0 Å². The standard InChI is InChI=1S/C12H9ClNO2/c13-11-4-2-1-3-9(11)8-14-6-5-10(15)7-12(14)16/h1-6,15H,8H2. The van der Waals surface area contributed by atoms with E-state index in [9.17, 15) is 4.79 Å². The number of pyridine rings is 1. The van der Waals surface area contributed by atoms with Gasteiger partial charge in [-0.2, -0.15) is 0 Å². The zero-order valence-corrected chi connectivity index (χ0v) is 9.11. The predicted octanol–water partition coefficient (Wildman–Crippen LogP) is 2.06. The van der Waals surface area contributed by atoms with Crippen LogP contribution in [0.25, 0.3) is 0 Å². The van der Waals surface area contributed by atoms with Crippen molar-refractivity contribution in [2.24, 2.45) is 0 Å². The molecule has 0 saturated carbocycles. The van der Waals surface area contributed by atoms with Crippen molar-refractivity contribution in [1.29, 1.82) is 0 Å². The van der Waals surface area contributed by atoms with Gasteiger partial charge in [0.25, 0.3) is 5.56 Å². The van der Waals surface area contributed by atoms with Crippen molar-refractivity contribution in [2.75, 3.05) is 0 Å². The van der Waals surface area contributed by atoms with Gasteiger partial charge >= 0.3 is 0 Å². The first-order valence-electron chi connectivity index (χ1n) is 4.72. The van der Waals surface area contributed by atoms with Crippen LogP contribution in [0.3, 0.4) is 0 Å². The van der Waals surface area contributed by atoms with Crippen LogP contribution >= 0.6 is 11.6 Å². The number of halogens is 1. The third-order valence-corrected chi connectivity index (χ3v) is 2.58. The van der Waals surface area contributed by atoms with Crippen LogP contribution in [0.5, 0.6) is 5.75 Å². The second-order valence-corrected chi connectivity index (χ2v) is 3.76. The molecule has 4 heteroatoms. The first kappa shape index (κ1) is 10.8. The van der Waals surface area contributed by atoms with E-state index in [4.69, 9.17) is 16.7 Å². The minimum Gasteiger partial charge on any atom is -0.507 e. The first-order chi connectivity index (χ1) is 7.66. The topological polar surface area (TPSA) is 42.2 Å². The number of rotatable bonds is 2. The van der Waals surface area contributed by atoms with E-state index in [2.05, 4.69) is 6.07 Å². The second-order valence-electron chi connectivity index (χ2n) is 3.35. The smallest absolute Gasteiger partial charge is 0.262 e. The van der Waals surface area contributed by atoms with Crippen molar-refractivity contribution in [3.8, 4) is 5.75 Å². The highest BCUT2D eigenvalue weighted by Gasteiger charge is 2.02. The summed E-state index contributed by atoms with van der Waals surface area (Å²) in [5, 5.41) is 9.68. The normalized spacial score (nSPS) is 10.3. The van der Waals surface area contributed by atoms with Crippen molar-refractivity contribution in [2.45, 2.75) is 6.54 Å². The van der Waals surface area contributed by atoms with Gasteiger partial charge < -0.3 is 9.67 Å². The number of aromatic hydroxyl groups is 1. The zero-order valence-electron chi connectivity index (χ0n) is 8.35. The summed E-state index contributed by atoms with van der Waals surface area (Å²) in [6, 6.07) is 11.0. The molecule has 0 atom stereocenters. The molecule has 0 amide bonds. The molecule has 0 fully saturated rings. The summed E-state index contributed by atoms with van der Waals surface area (Å²) in [6.07, 6.45) is 1.51. The molecule has 81 valence electrons. The maximum atomic E-state index is 11.5. The minimum absolute atomic E-state index is 0.152. The van der Waals surface area contributed by atoms with Crippen LogP contribution in [0.4, 0.5) is 0 Å². The van der Waals surface area contributed by atoms with Gasteiger partial charge in [0.05, 0.1) is 12.6 Å². The maximum absolute atomic E-state index is 11.5. The fourth-order valence-electron chi connectivity index (χ4n) is 1.39. The van der Waals surface area contributed by atoms with E-state index in [0.717, 1.165) is 5.56 Å². The Morgan fingerprint density at radius 2 is 2.06 bits per heavy atom. The number of aromatic nitrogens is 1. The Hall–Kier alpha value is -1.74. The van der Waals surface area contributed by atoms with E-state index in [1.807, 2.05) is 18.2 Å². The summed E-state index contributed by atoms with van der Waals surface area (Å²) in [5.74, 6) is -0.152. The van der Waals surface area contributed by atoms with Crippen LogP contribution in [-0.4, -0.2) is 9.67 Å². The molecule has 0 aliphatic heterocycles. The molecule has 0 saturated heterocycles. The van der Waals surface area contributed by atoms with E-state index in [-0.39, 0.29) is 11.3 Å². The SMILES string of the molecule is O=c1[c]c(O)ccn1Cc1ccccc1Cl. The Balaban J connectivity index is 2.35. The highest BCUT2D eigenvalue weighted by Crippen LogP contribution is 2.15. The van der Waals surface area contributed by atoms with Crippen LogP contribution in [0.1, 0.15) is 5.56 Å². The third-order valence-electron chi connectivity index (χ3n) is 2.21. The monoisotopic (exact) mass is 234 g/mol. The van der Waals surface area contributed by atoms with Crippen LogP contribution < -0.4 is 5.56 Å². The molecule has 0 unspecified atom stereocenters. The van der Waals surface area contributed by atoms with Gasteiger partial charge in [-0.05, 0) is 17.7 Å². The van der Waals surface area contributed by atoms with Gasteiger partial charge in [-0.3, -0.25) is 4.79 Å². The van der Waals surface area contributed by atoms with Gasteiger partial charge in [-0.25, -0.2) is 0 Å². The summed E-state index contributed by atoms with van der Waals surface area (Å²) in [7, 11) is 0. The Morgan fingerprint density at radius 1 is 1.31 bits per heavy atom. The largest absolute Gasteiger partial charge is 0.507 e. The number of hydrogen-bond donors (Lipinski definition) is 1. The molecule has 0 bridgehead atoms. The number of nitrogens with zero attached hydrogens (tertiary/aromatic N) is 1. The van der Waals surface area contributed by atoms with Crippen molar-refractivity contribution < 1.29 is 5.11 Å². The number of hydrogen-bond acceptors (Lipinski definition) is 2. The highest BCUT2D eigenvalue weighted by molar-refractivity contribution is 6.31. The fourth-order valence-corrected chi connectivity index (χ4v) is 1.58. The number of benzene rings is 1. The average molecular weight is 235 g/mol. The Bertz CT molecular complexity index is 563. The van der Waals surface area contributed by atoms with Crippen molar-refractivity contribution in [1.82, 2.24) is 4.57 Å². The minimum atomic E-state index is -0.375. The Labute approximate surface area is 97.5 Å². The van der Waals surface area contributed by atoms with E-state index in [0.29, 0.717) is 11.6 Å². The van der Waals surface area contributed by atoms with Crippen molar-refractivity contribution in [3.63, 3.8) is 0 Å². The lowest BCUT2D eigenvalue weighted by Crippen LogP contribution is -2.19. The van der Waals surface area contributed by atoms with E-state index >= 15 is 0 Å². The lowest BCUT2D eigenvalue weighted by molar-refractivity contribution is 0.470. The van der Waals surface area contributed by atoms with Crippen LogP contribution in [0.15, 0.2) is 41.3 Å². The summed E-state index contributed by atoms with van der Waals surface area (Å²) in [4.78, 5) is 11.5. The summed E-state index contributed by atoms with van der Waals surface area (Å²) in [6.45, 7) is 0.370. The highest BCUT2D eigenvalue weighted by atomic mass is 35.5. The molecule has 1 N–H and O–H groups in total. The van der Waals surface area contributed by atoms with E-state index in [1.165, 1.54) is 16.8 Å². The van der Waals surface area contributed by atoms with Gasteiger partial charge in [-0.1, -0.05) is 29.8 Å². The molecule has 3 nitrogen and oxygen atoms in total. The molecule has 0 aliphatic rings. The van der Waals surface area contributed by atoms with Crippen molar-refractivity contribution >= 4 is 11.6 Å². The molecule has 2 rings (SSSR count). The van der Waals surface area contributed by atoms with E-state index in [1.54, 1.807) is 6.07 Å². The van der Waals surface area contributed by atoms with Gasteiger partial charge in [-0.15, -0.1) is 0 Å². The Kier molecular flexibility index (Phi) is 2.97. The Morgan fingerprint density at radius 3 is 2.75 bits per heavy atom. The summed E-state index contributed by atoms with van der Waals surface area (Å²) < 4.78 is 1.43. The van der Waals surface area contributed by atoms with E-state index < -0.39 is 0 Å². The van der Waals surface area contributed by atoms with Gasteiger partial charge in [0, 0.05) is 11.2 Å². The summed E-state index contributed by atoms with van der Waals surface area (Å²) in [5.41, 5.74) is 0.477. The predicted molar refractivity (Wildman–Crippen MR) is 61.8 cm³/mol. The molecule has 1 aromatic carbocycles. The van der Waals surface area contributed by atoms with Crippen LogP contribution in [0, 0.1) is 6.07 Å². The lowest BCUT2D eigenvalue weighted by Gasteiger charge is -2.06. The van der Waals surface area contributed by atoms with Gasteiger partial charge in [0.1, 0.15) is 5.75 Å². The van der Waals surface area contributed by atoms with Crippen molar-refractivity contribution in [3.05, 3.63) is 63.5 Å². The summed E-state index contributed by atoms with van der Waals surface area (Å²) >= 11 is 5.98. The second kappa shape index (κ2) is 4.41. The van der Waals surface area contributed by atoms with Crippen LogP contribution in [0.2, 0.25) is 5.02 Å². The van der Waals surface area contributed by atoms with Gasteiger partial charge in [0.15, 0.2) is 0 Å². The molecular weight excluding hydrogens is 226 g/mol. The maximum Gasteiger partial charge on any atom is 0.262 e. The molecule has 0 spiro atoms. The molecule has 1 radical (unpaired) electrons. The first-order valence-corrected chi connectivity index (χ1v) is 5.10. The molecule has 2 aromatic rings. The quantitative estimate of drug-likeness (QED) is 0.864. The third kappa shape index (κ3) is 2.25. The molecule has 1 heterocycles. The molecule has 0 aliphatic carbocycles. The fraction of sp³-hybridized carbons (Fsp3) is 0.0833. The zero-order chi connectivity index (χ0) is 11.5.